The van der Waals surface area contributed by atoms with Gasteiger partial charge in [0.2, 0.25) is 0 Å². The number of halogens is 1. The standard InChI is InChI=1S/C29H24ClNO4S/c1-18(19-5-3-2-4-6-19)35-28(34)31-24-17-25(30)36-26(24)22-9-7-20(8-10-22)21-11-13-23(14-12-21)29(15-16-29)27(32)33/h2-14,17-18H,15-16H2,1H3,(H,31,34)(H,32,33)/t18-/m1/s1. The summed E-state index contributed by atoms with van der Waals surface area (Å²) in [5.41, 5.74) is 4.59. The van der Waals surface area contributed by atoms with E-state index in [0.717, 1.165) is 32.7 Å². The van der Waals surface area contributed by atoms with Crippen molar-refractivity contribution < 1.29 is 19.4 Å². The summed E-state index contributed by atoms with van der Waals surface area (Å²) in [5.74, 6) is -0.753. The predicted octanol–water partition coefficient (Wildman–Crippen LogP) is 8.16. The molecule has 1 heterocycles. The zero-order chi connectivity index (χ0) is 25.3. The lowest BCUT2D eigenvalue weighted by molar-refractivity contribution is -0.140. The van der Waals surface area contributed by atoms with Gasteiger partial charge in [-0.25, -0.2) is 4.79 Å². The Morgan fingerprint density at radius 3 is 2.11 bits per heavy atom. The topological polar surface area (TPSA) is 75.6 Å². The van der Waals surface area contributed by atoms with Crippen LogP contribution in [-0.2, 0) is 14.9 Å². The van der Waals surface area contributed by atoms with E-state index in [1.165, 1.54) is 11.3 Å². The molecule has 1 aromatic heterocycles. The first-order chi connectivity index (χ1) is 17.4. The Morgan fingerprint density at radius 1 is 0.944 bits per heavy atom. The highest BCUT2D eigenvalue weighted by Crippen LogP contribution is 2.48. The van der Waals surface area contributed by atoms with E-state index in [1.54, 1.807) is 6.07 Å². The Balaban J connectivity index is 1.30. The second kappa shape index (κ2) is 9.80. The van der Waals surface area contributed by atoms with Gasteiger partial charge >= 0.3 is 12.1 Å². The third kappa shape index (κ3) is 4.87. The molecule has 3 aromatic carbocycles. The number of rotatable bonds is 7. The number of aliphatic carboxylic acids is 1. The molecule has 0 unspecified atom stereocenters. The summed E-state index contributed by atoms with van der Waals surface area (Å²) in [7, 11) is 0. The number of carboxylic acids is 1. The number of benzene rings is 3. The van der Waals surface area contributed by atoms with Crippen LogP contribution in [0.15, 0.2) is 84.9 Å². The molecule has 0 spiro atoms. The highest BCUT2D eigenvalue weighted by molar-refractivity contribution is 7.20. The summed E-state index contributed by atoms with van der Waals surface area (Å²) in [5, 5.41) is 12.3. The van der Waals surface area contributed by atoms with Gasteiger partial charge in [0.05, 0.1) is 20.3 Å². The molecule has 1 aliphatic rings. The van der Waals surface area contributed by atoms with Gasteiger partial charge in [0.15, 0.2) is 0 Å². The van der Waals surface area contributed by atoms with E-state index < -0.39 is 17.5 Å². The molecule has 5 nitrogen and oxygen atoms in total. The molecule has 0 saturated heterocycles. The summed E-state index contributed by atoms with van der Waals surface area (Å²) in [6, 6.07) is 27.0. The van der Waals surface area contributed by atoms with Crippen LogP contribution in [0.4, 0.5) is 10.5 Å². The van der Waals surface area contributed by atoms with E-state index in [2.05, 4.69) is 5.32 Å². The lowest BCUT2D eigenvalue weighted by Crippen LogP contribution is -2.19. The summed E-state index contributed by atoms with van der Waals surface area (Å²) in [4.78, 5) is 25.0. The number of anilines is 1. The predicted molar refractivity (Wildman–Crippen MR) is 144 cm³/mol. The number of carboxylic acid groups (broad SMARTS) is 1. The van der Waals surface area contributed by atoms with Crippen molar-refractivity contribution in [1.82, 2.24) is 0 Å². The molecule has 1 fully saturated rings. The minimum Gasteiger partial charge on any atom is -0.481 e. The van der Waals surface area contributed by atoms with E-state index >= 15 is 0 Å². The molecule has 0 aliphatic heterocycles. The molecule has 0 radical (unpaired) electrons. The SMILES string of the molecule is C[C@@H](OC(=O)Nc1cc(Cl)sc1-c1ccc(-c2ccc(C3(C(=O)O)CC3)cc2)cc1)c1ccccc1. The Labute approximate surface area is 218 Å². The first kappa shape index (κ1) is 24.1. The fourth-order valence-corrected chi connectivity index (χ4v) is 5.49. The molecular weight excluding hydrogens is 494 g/mol. The van der Waals surface area contributed by atoms with Gasteiger partial charge in [-0.1, -0.05) is 90.5 Å². The zero-order valence-electron chi connectivity index (χ0n) is 19.5. The molecule has 5 rings (SSSR count). The van der Waals surface area contributed by atoms with Gasteiger partial charge in [-0.05, 0) is 53.6 Å². The zero-order valence-corrected chi connectivity index (χ0v) is 21.1. The van der Waals surface area contributed by atoms with Crippen molar-refractivity contribution in [2.75, 3.05) is 5.32 Å². The van der Waals surface area contributed by atoms with Crippen LogP contribution in [0.25, 0.3) is 21.6 Å². The van der Waals surface area contributed by atoms with Crippen LogP contribution in [0.2, 0.25) is 4.34 Å². The second-order valence-corrected chi connectivity index (χ2v) is 10.6. The quantitative estimate of drug-likeness (QED) is 0.259. The minimum atomic E-state index is -0.753. The first-order valence-electron chi connectivity index (χ1n) is 11.6. The van der Waals surface area contributed by atoms with Gasteiger partial charge in [-0.15, -0.1) is 11.3 Å². The summed E-state index contributed by atoms with van der Waals surface area (Å²) < 4.78 is 6.10. The highest BCUT2D eigenvalue weighted by Gasteiger charge is 2.51. The van der Waals surface area contributed by atoms with Crippen LogP contribution in [0.3, 0.4) is 0 Å². The number of thiophene rings is 1. The van der Waals surface area contributed by atoms with E-state index in [4.69, 9.17) is 16.3 Å². The van der Waals surface area contributed by atoms with Crippen molar-refractivity contribution in [3.8, 4) is 21.6 Å². The number of nitrogens with one attached hydrogen (secondary N) is 1. The van der Waals surface area contributed by atoms with E-state index in [-0.39, 0.29) is 6.10 Å². The monoisotopic (exact) mass is 517 g/mol. The van der Waals surface area contributed by atoms with Crippen LogP contribution in [0.1, 0.15) is 37.0 Å². The molecule has 1 atom stereocenters. The molecule has 182 valence electrons. The normalized spacial score (nSPS) is 14.6. The van der Waals surface area contributed by atoms with E-state index in [9.17, 15) is 14.7 Å². The molecule has 1 aliphatic carbocycles. The summed E-state index contributed by atoms with van der Waals surface area (Å²) in [6.45, 7) is 1.83. The number of hydrogen-bond acceptors (Lipinski definition) is 4. The highest BCUT2D eigenvalue weighted by atomic mass is 35.5. The van der Waals surface area contributed by atoms with Gasteiger partial charge in [0, 0.05) is 0 Å². The minimum absolute atomic E-state index is 0.389. The van der Waals surface area contributed by atoms with Crippen LogP contribution in [-0.4, -0.2) is 17.2 Å². The van der Waals surface area contributed by atoms with Gasteiger partial charge < -0.3 is 9.84 Å². The van der Waals surface area contributed by atoms with E-state index in [1.807, 2.05) is 85.8 Å². The van der Waals surface area contributed by atoms with Gasteiger partial charge in [0.25, 0.3) is 0 Å². The summed E-state index contributed by atoms with van der Waals surface area (Å²) >= 11 is 7.67. The average molecular weight is 518 g/mol. The molecular formula is C29H24ClNO4S. The van der Waals surface area contributed by atoms with Gasteiger partial charge in [-0.2, -0.15) is 0 Å². The molecule has 1 amide bonds. The molecule has 2 N–H and O–H groups in total. The number of carbonyl (C=O) groups is 2. The van der Waals surface area contributed by atoms with Crippen molar-refractivity contribution in [3.63, 3.8) is 0 Å². The number of amides is 1. The maximum absolute atomic E-state index is 12.6. The van der Waals surface area contributed by atoms with Crippen LogP contribution in [0, 0.1) is 0 Å². The number of carbonyl (C=O) groups excluding carboxylic acids is 1. The van der Waals surface area contributed by atoms with Crippen molar-refractivity contribution in [2.45, 2.75) is 31.3 Å². The number of ether oxygens (including phenoxy) is 1. The lowest BCUT2D eigenvalue weighted by atomic mass is 9.93. The Bertz CT molecular complexity index is 1390. The van der Waals surface area contributed by atoms with Crippen LogP contribution < -0.4 is 5.32 Å². The maximum Gasteiger partial charge on any atom is 0.412 e. The van der Waals surface area contributed by atoms with Gasteiger partial charge in [-0.3, -0.25) is 10.1 Å². The van der Waals surface area contributed by atoms with Crippen molar-refractivity contribution in [3.05, 3.63) is 100 Å². The third-order valence-corrected chi connectivity index (χ3v) is 7.88. The van der Waals surface area contributed by atoms with Crippen molar-refractivity contribution >= 4 is 40.7 Å². The fourth-order valence-electron chi connectivity index (χ4n) is 4.31. The van der Waals surface area contributed by atoms with Crippen LogP contribution >= 0.6 is 22.9 Å². The second-order valence-electron chi connectivity index (χ2n) is 8.92. The van der Waals surface area contributed by atoms with Crippen molar-refractivity contribution in [2.24, 2.45) is 0 Å². The van der Waals surface area contributed by atoms with E-state index in [0.29, 0.717) is 22.9 Å². The molecule has 4 aromatic rings. The fraction of sp³-hybridized carbons (Fsp3) is 0.172. The summed E-state index contributed by atoms with van der Waals surface area (Å²) in [6.07, 6.45) is 0.442. The number of hydrogen-bond donors (Lipinski definition) is 2. The maximum atomic E-state index is 12.6. The third-order valence-electron chi connectivity index (χ3n) is 6.57. The Hall–Kier alpha value is -3.61. The Morgan fingerprint density at radius 2 is 1.53 bits per heavy atom. The van der Waals surface area contributed by atoms with Gasteiger partial charge in [0.1, 0.15) is 6.10 Å². The largest absolute Gasteiger partial charge is 0.481 e. The smallest absolute Gasteiger partial charge is 0.412 e. The first-order valence-corrected chi connectivity index (χ1v) is 12.8. The molecule has 7 heteroatoms. The molecule has 36 heavy (non-hydrogen) atoms. The lowest BCUT2D eigenvalue weighted by Gasteiger charge is -2.14. The molecule has 1 saturated carbocycles. The van der Waals surface area contributed by atoms with Crippen LogP contribution in [0.5, 0.6) is 0 Å². The van der Waals surface area contributed by atoms with Crippen molar-refractivity contribution in [1.29, 1.82) is 0 Å². The molecule has 0 bridgehead atoms. The Kier molecular flexibility index (Phi) is 6.56. The average Bonchev–Trinajstić information content (AvgIpc) is 3.63.